The Morgan fingerprint density at radius 1 is 0.306 bits per heavy atom. The van der Waals surface area contributed by atoms with E-state index in [1.54, 1.807) is 0 Å². The summed E-state index contributed by atoms with van der Waals surface area (Å²) in [6, 6.07) is 66.0. The molecule has 0 atom stereocenters. The van der Waals surface area contributed by atoms with Gasteiger partial charge in [0.2, 0.25) is 5.95 Å². The molecular formula is C57H49N5. The van der Waals surface area contributed by atoms with Crippen LogP contribution in [0.1, 0.15) is 33.4 Å². The van der Waals surface area contributed by atoms with Gasteiger partial charge in [-0.05, 0) is 122 Å². The van der Waals surface area contributed by atoms with Gasteiger partial charge in [0.25, 0.3) is 0 Å². The molecule has 0 unspecified atom stereocenters. The van der Waals surface area contributed by atoms with Crippen LogP contribution in [-0.4, -0.2) is 15.0 Å². The summed E-state index contributed by atoms with van der Waals surface area (Å²) in [5.41, 5.74) is 18.9. The fraction of sp³-hybridized carbons (Fsp3) is 0.105. The van der Waals surface area contributed by atoms with Crippen LogP contribution in [0.2, 0.25) is 0 Å². The molecule has 0 spiro atoms. The van der Waals surface area contributed by atoms with Crippen molar-refractivity contribution in [3.8, 4) is 45.0 Å². The van der Waals surface area contributed by atoms with Crippen molar-refractivity contribution in [1.82, 2.24) is 15.0 Å². The van der Waals surface area contributed by atoms with E-state index in [1.807, 2.05) is 30.3 Å². The zero-order valence-corrected chi connectivity index (χ0v) is 36.1. The number of nitrogens with zero attached hydrogens (tertiary/aromatic N) is 5. The highest BCUT2D eigenvalue weighted by molar-refractivity contribution is 5.87. The predicted molar refractivity (Wildman–Crippen MR) is 259 cm³/mol. The molecule has 8 aromatic carbocycles. The summed E-state index contributed by atoms with van der Waals surface area (Å²) in [5.74, 6) is 1.70. The van der Waals surface area contributed by atoms with E-state index >= 15 is 0 Å². The zero-order valence-electron chi connectivity index (χ0n) is 36.1. The van der Waals surface area contributed by atoms with Crippen molar-refractivity contribution in [2.24, 2.45) is 0 Å². The first-order valence-electron chi connectivity index (χ1n) is 21.2. The van der Waals surface area contributed by atoms with Gasteiger partial charge < -0.3 is 4.90 Å². The highest BCUT2D eigenvalue weighted by Crippen LogP contribution is 2.44. The summed E-state index contributed by atoms with van der Waals surface area (Å²) < 4.78 is 0. The van der Waals surface area contributed by atoms with Gasteiger partial charge in [-0.1, -0.05) is 163 Å². The van der Waals surface area contributed by atoms with E-state index in [9.17, 15) is 0 Å². The van der Waals surface area contributed by atoms with E-state index in [-0.39, 0.29) is 0 Å². The van der Waals surface area contributed by atoms with Crippen LogP contribution in [0.3, 0.4) is 0 Å². The van der Waals surface area contributed by atoms with Crippen LogP contribution in [0.25, 0.3) is 45.0 Å². The van der Waals surface area contributed by atoms with E-state index in [0.29, 0.717) is 17.6 Å². The topological polar surface area (TPSA) is 45.2 Å². The van der Waals surface area contributed by atoms with Gasteiger partial charge in [-0.3, -0.25) is 4.90 Å². The van der Waals surface area contributed by atoms with Gasteiger partial charge in [0, 0.05) is 28.2 Å². The molecule has 0 bridgehead atoms. The number of rotatable bonds is 10. The minimum atomic E-state index is 0.516. The second-order valence-electron chi connectivity index (χ2n) is 16.2. The minimum Gasteiger partial charge on any atom is -0.309 e. The second-order valence-corrected chi connectivity index (χ2v) is 16.2. The number of benzene rings is 8. The van der Waals surface area contributed by atoms with Crippen LogP contribution in [0.4, 0.5) is 34.4 Å². The van der Waals surface area contributed by atoms with Crippen LogP contribution < -0.4 is 9.80 Å². The van der Waals surface area contributed by atoms with E-state index in [1.165, 1.54) is 44.8 Å². The Labute approximate surface area is 365 Å². The number of hydrogen-bond donors (Lipinski definition) is 0. The highest BCUT2D eigenvalue weighted by Gasteiger charge is 2.24. The summed E-state index contributed by atoms with van der Waals surface area (Å²) in [5, 5.41) is 0. The van der Waals surface area contributed by atoms with Crippen molar-refractivity contribution in [3.05, 3.63) is 221 Å². The lowest BCUT2D eigenvalue weighted by atomic mass is 9.98. The van der Waals surface area contributed by atoms with Gasteiger partial charge in [0.1, 0.15) is 0 Å². The van der Waals surface area contributed by atoms with Gasteiger partial charge in [-0.2, -0.15) is 9.97 Å². The third-order valence-electron chi connectivity index (χ3n) is 11.4. The molecule has 0 amide bonds. The second kappa shape index (κ2) is 17.2. The molecule has 0 aliphatic rings. The molecule has 0 aliphatic carbocycles. The lowest BCUT2D eigenvalue weighted by Gasteiger charge is -2.32. The van der Waals surface area contributed by atoms with Gasteiger partial charge in [0.15, 0.2) is 11.6 Å². The molecule has 0 fully saturated rings. The molecular weight excluding hydrogens is 755 g/mol. The fourth-order valence-electron chi connectivity index (χ4n) is 8.86. The first kappa shape index (κ1) is 39.8. The lowest BCUT2D eigenvalue weighted by Crippen LogP contribution is -2.17. The monoisotopic (exact) mass is 803 g/mol. The van der Waals surface area contributed by atoms with Gasteiger partial charge >= 0.3 is 0 Å². The van der Waals surface area contributed by atoms with Crippen LogP contribution in [0.5, 0.6) is 0 Å². The fourth-order valence-corrected chi connectivity index (χ4v) is 8.86. The Morgan fingerprint density at radius 2 is 0.742 bits per heavy atom. The summed E-state index contributed by atoms with van der Waals surface area (Å²) in [6.45, 7) is 13.2. The van der Waals surface area contributed by atoms with Gasteiger partial charge in [-0.25, -0.2) is 4.98 Å². The molecule has 9 rings (SSSR count). The normalized spacial score (nSPS) is 11.1. The van der Waals surface area contributed by atoms with E-state index in [0.717, 1.165) is 50.4 Å². The number of hydrogen-bond acceptors (Lipinski definition) is 5. The molecule has 0 saturated heterocycles. The van der Waals surface area contributed by atoms with Crippen LogP contribution >= 0.6 is 0 Å². The van der Waals surface area contributed by atoms with E-state index in [2.05, 4.69) is 209 Å². The minimum absolute atomic E-state index is 0.516. The molecule has 0 aliphatic heterocycles. The van der Waals surface area contributed by atoms with Gasteiger partial charge in [-0.15, -0.1) is 0 Å². The molecule has 1 heterocycles. The molecule has 302 valence electrons. The molecule has 0 radical (unpaired) electrons. The Hall–Kier alpha value is -7.63. The third-order valence-corrected chi connectivity index (χ3v) is 11.4. The van der Waals surface area contributed by atoms with Crippen molar-refractivity contribution in [3.63, 3.8) is 0 Å². The lowest BCUT2D eigenvalue weighted by molar-refractivity contribution is 1.02. The van der Waals surface area contributed by atoms with Crippen molar-refractivity contribution >= 4 is 34.4 Å². The van der Waals surface area contributed by atoms with E-state index < -0.39 is 0 Å². The Kier molecular flexibility index (Phi) is 11.0. The molecule has 0 N–H and O–H groups in total. The molecule has 0 saturated carbocycles. The van der Waals surface area contributed by atoms with Crippen molar-refractivity contribution in [2.75, 3.05) is 9.80 Å². The number of anilines is 6. The highest BCUT2D eigenvalue weighted by atomic mass is 15.3. The SMILES string of the molecule is Cc1cc(C)c(N(c2ccc(N(c3cccc(-c4ccccc4)c3)c3nc(-c4ccccc4)nc(-c4ccccc4-c4ccccc4)n3)cc2)c2c(C)cc(C)cc2C)c(C)c1. The van der Waals surface area contributed by atoms with Crippen LogP contribution in [0, 0.1) is 41.5 Å². The molecule has 9 aromatic rings. The molecule has 5 heteroatoms. The number of aryl methyl sites for hydroxylation is 6. The molecule has 1 aromatic heterocycles. The summed E-state index contributed by atoms with van der Waals surface area (Å²) in [4.78, 5) is 20.5. The van der Waals surface area contributed by atoms with E-state index in [4.69, 9.17) is 15.0 Å². The van der Waals surface area contributed by atoms with Gasteiger partial charge in [0.05, 0.1) is 11.4 Å². The first-order chi connectivity index (χ1) is 30.2. The Morgan fingerprint density at radius 3 is 1.29 bits per heavy atom. The maximum Gasteiger partial charge on any atom is 0.238 e. The molecule has 5 nitrogen and oxygen atoms in total. The summed E-state index contributed by atoms with van der Waals surface area (Å²) in [7, 11) is 0. The quantitative estimate of drug-likeness (QED) is 0.138. The first-order valence-corrected chi connectivity index (χ1v) is 21.2. The van der Waals surface area contributed by atoms with Crippen LogP contribution in [0.15, 0.2) is 188 Å². The Balaban J connectivity index is 1.26. The van der Waals surface area contributed by atoms with Crippen molar-refractivity contribution in [1.29, 1.82) is 0 Å². The summed E-state index contributed by atoms with van der Waals surface area (Å²) >= 11 is 0. The maximum absolute atomic E-state index is 5.38. The predicted octanol–water partition coefficient (Wildman–Crippen LogP) is 15.3. The average Bonchev–Trinajstić information content (AvgIpc) is 3.29. The smallest absolute Gasteiger partial charge is 0.238 e. The maximum atomic E-state index is 5.38. The van der Waals surface area contributed by atoms with Crippen molar-refractivity contribution in [2.45, 2.75) is 41.5 Å². The Bertz CT molecular complexity index is 2910. The van der Waals surface area contributed by atoms with Crippen molar-refractivity contribution < 1.29 is 0 Å². The number of aromatic nitrogens is 3. The van der Waals surface area contributed by atoms with Crippen LogP contribution in [-0.2, 0) is 0 Å². The summed E-state index contributed by atoms with van der Waals surface area (Å²) in [6.07, 6.45) is 0. The largest absolute Gasteiger partial charge is 0.309 e. The standard InChI is InChI=1S/C57H49N5/c1-38-33-40(3)53(41(4)34-38)62(54-42(5)35-39(2)36-43(54)6)49-31-29-48(30-32-49)61(50-26-18-25-47(37-50)44-19-10-7-11-20-44)57-59-55(46-23-14-9-15-24-46)58-56(60-57)52-28-17-16-27-51(52)45-21-12-8-13-22-45/h7-37H,1-6H3. The average molecular weight is 804 g/mol. The third kappa shape index (κ3) is 8.01. The zero-order chi connectivity index (χ0) is 42.7. The molecule has 62 heavy (non-hydrogen) atoms.